The monoisotopic (exact) mass is 331 g/mol. The summed E-state index contributed by atoms with van der Waals surface area (Å²) in [6.45, 7) is 0. The van der Waals surface area contributed by atoms with E-state index >= 15 is 0 Å². The standard InChI is InChI=1S/C15H10FN3O3S/c1-23(22)15-12(19-9-4-2-8(16)3-5-9)13(20)10-6-17-7-18-11(10)14(15)21/h2-7,19H,1H3. The minimum atomic E-state index is -1.71. The van der Waals surface area contributed by atoms with Crippen molar-refractivity contribution in [2.75, 3.05) is 11.6 Å². The quantitative estimate of drug-likeness (QED) is 0.921. The largest absolute Gasteiger partial charge is 0.351 e. The van der Waals surface area contributed by atoms with Crippen LogP contribution in [0.1, 0.15) is 20.8 Å². The van der Waals surface area contributed by atoms with Gasteiger partial charge >= 0.3 is 0 Å². The van der Waals surface area contributed by atoms with Crippen LogP contribution in [-0.2, 0) is 10.8 Å². The molecule has 0 radical (unpaired) electrons. The molecule has 1 aromatic carbocycles. The molecule has 0 saturated heterocycles. The fourth-order valence-corrected chi connectivity index (χ4v) is 2.99. The van der Waals surface area contributed by atoms with Gasteiger partial charge in [-0.3, -0.25) is 13.8 Å². The Morgan fingerprint density at radius 3 is 2.48 bits per heavy atom. The minimum Gasteiger partial charge on any atom is -0.351 e. The summed E-state index contributed by atoms with van der Waals surface area (Å²) in [6.07, 6.45) is 3.70. The Bertz CT molecular complexity index is 878. The highest BCUT2D eigenvalue weighted by Crippen LogP contribution is 2.27. The predicted molar refractivity (Wildman–Crippen MR) is 81.8 cm³/mol. The fourth-order valence-electron chi connectivity index (χ4n) is 2.20. The fraction of sp³-hybridized carbons (Fsp3) is 0.0667. The number of allylic oxidation sites excluding steroid dienone is 2. The number of ketones is 2. The van der Waals surface area contributed by atoms with Gasteiger partial charge in [-0.05, 0) is 24.3 Å². The Balaban J connectivity index is 2.12. The third-order valence-electron chi connectivity index (χ3n) is 3.23. The summed E-state index contributed by atoms with van der Waals surface area (Å²) < 4.78 is 24.9. The van der Waals surface area contributed by atoms with Crippen LogP contribution < -0.4 is 5.32 Å². The van der Waals surface area contributed by atoms with Gasteiger partial charge in [0.25, 0.3) is 0 Å². The van der Waals surface area contributed by atoms with Crippen molar-refractivity contribution in [2.45, 2.75) is 0 Å². The van der Waals surface area contributed by atoms with Crippen LogP contribution in [0.25, 0.3) is 0 Å². The summed E-state index contributed by atoms with van der Waals surface area (Å²) in [4.78, 5) is 32.4. The van der Waals surface area contributed by atoms with E-state index in [1.165, 1.54) is 36.7 Å². The molecule has 23 heavy (non-hydrogen) atoms. The maximum absolute atomic E-state index is 13.0. The first-order valence-electron chi connectivity index (χ1n) is 6.48. The second-order valence-electron chi connectivity index (χ2n) is 4.73. The van der Waals surface area contributed by atoms with Gasteiger partial charge in [-0.25, -0.2) is 14.4 Å². The van der Waals surface area contributed by atoms with Crippen molar-refractivity contribution in [2.24, 2.45) is 0 Å². The van der Waals surface area contributed by atoms with Crippen LogP contribution in [0, 0.1) is 5.82 Å². The maximum atomic E-state index is 13.0. The highest BCUT2D eigenvalue weighted by Gasteiger charge is 2.35. The van der Waals surface area contributed by atoms with E-state index in [0.29, 0.717) is 5.69 Å². The lowest BCUT2D eigenvalue weighted by atomic mass is 9.98. The van der Waals surface area contributed by atoms with E-state index in [4.69, 9.17) is 0 Å². The Kier molecular flexibility index (Phi) is 3.83. The number of nitrogens with zero attached hydrogens (tertiary/aromatic N) is 2. The van der Waals surface area contributed by atoms with Crippen LogP contribution >= 0.6 is 0 Å². The second-order valence-corrected chi connectivity index (χ2v) is 6.05. The molecular formula is C15H10FN3O3S. The number of hydrogen-bond acceptors (Lipinski definition) is 6. The zero-order chi connectivity index (χ0) is 16.6. The number of rotatable bonds is 3. The molecule has 1 aliphatic rings. The van der Waals surface area contributed by atoms with Crippen molar-refractivity contribution in [3.63, 3.8) is 0 Å². The third-order valence-corrected chi connectivity index (χ3v) is 4.20. The highest BCUT2D eigenvalue weighted by atomic mass is 32.2. The summed E-state index contributed by atoms with van der Waals surface area (Å²) in [5.74, 6) is -1.56. The molecule has 116 valence electrons. The number of carbonyl (C=O) groups is 2. The molecule has 1 aromatic heterocycles. The molecule has 8 heteroatoms. The maximum Gasteiger partial charge on any atom is 0.223 e. The number of halogens is 1. The number of anilines is 1. The SMILES string of the molecule is CS(=O)C1=C(Nc2ccc(F)cc2)C(=O)c2cncnc2C1=O. The molecule has 1 aliphatic carbocycles. The van der Waals surface area contributed by atoms with Crippen molar-refractivity contribution < 1.29 is 18.2 Å². The van der Waals surface area contributed by atoms with Crippen LogP contribution in [0.3, 0.4) is 0 Å². The zero-order valence-corrected chi connectivity index (χ0v) is 12.7. The van der Waals surface area contributed by atoms with E-state index < -0.39 is 28.2 Å². The Morgan fingerprint density at radius 2 is 1.83 bits per heavy atom. The first-order chi connectivity index (χ1) is 11.0. The van der Waals surface area contributed by atoms with Crippen molar-refractivity contribution in [3.05, 3.63) is 64.5 Å². The second kappa shape index (κ2) is 5.81. The van der Waals surface area contributed by atoms with Gasteiger partial charge in [0.2, 0.25) is 11.6 Å². The van der Waals surface area contributed by atoms with Gasteiger partial charge in [0.1, 0.15) is 28.4 Å². The summed E-state index contributed by atoms with van der Waals surface area (Å²) in [6, 6.07) is 5.23. The first-order valence-corrected chi connectivity index (χ1v) is 8.04. The summed E-state index contributed by atoms with van der Waals surface area (Å²) in [5.41, 5.74) is 0.256. The molecule has 0 bridgehead atoms. The lowest BCUT2D eigenvalue weighted by molar-refractivity contribution is 0.0978. The predicted octanol–water partition coefficient (Wildman–Crippen LogP) is 1.70. The van der Waals surface area contributed by atoms with E-state index in [-0.39, 0.29) is 21.9 Å². The summed E-state index contributed by atoms with van der Waals surface area (Å²) >= 11 is 0. The minimum absolute atomic E-state index is 0.0383. The van der Waals surface area contributed by atoms with Crippen molar-refractivity contribution in [3.8, 4) is 0 Å². The topological polar surface area (TPSA) is 89.0 Å². The van der Waals surface area contributed by atoms with Gasteiger partial charge in [0.15, 0.2) is 0 Å². The Morgan fingerprint density at radius 1 is 1.13 bits per heavy atom. The summed E-state index contributed by atoms with van der Waals surface area (Å²) in [5, 5.41) is 2.75. The van der Waals surface area contributed by atoms with Gasteiger partial charge in [0, 0.05) is 18.1 Å². The lowest BCUT2D eigenvalue weighted by Crippen LogP contribution is -2.29. The van der Waals surface area contributed by atoms with Crippen LogP contribution in [0.15, 0.2) is 47.4 Å². The van der Waals surface area contributed by atoms with Crippen molar-refractivity contribution >= 4 is 28.1 Å². The van der Waals surface area contributed by atoms with Crippen LogP contribution in [-0.4, -0.2) is 32.0 Å². The van der Waals surface area contributed by atoms with Gasteiger partial charge in [0.05, 0.1) is 16.4 Å². The average molecular weight is 331 g/mol. The number of aromatic nitrogens is 2. The first kappa shape index (κ1) is 15.2. The number of hydrogen-bond donors (Lipinski definition) is 1. The van der Waals surface area contributed by atoms with Crippen LogP contribution in [0.5, 0.6) is 0 Å². The normalized spacial score (nSPS) is 15.4. The molecule has 1 unspecified atom stereocenters. The Labute approximate surface area is 132 Å². The molecule has 0 aliphatic heterocycles. The number of Topliss-reactive ketones (excluding diaryl/α,β-unsaturated/α-hetero) is 2. The zero-order valence-electron chi connectivity index (χ0n) is 11.9. The molecule has 0 saturated carbocycles. The molecule has 1 heterocycles. The molecule has 0 amide bonds. The molecule has 1 N–H and O–H groups in total. The molecule has 0 fully saturated rings. The van der Waals surface area contributed by atoms with E-state index in [1.807, 2.05) is 0 Å². The molecule has 6 nitrogen and oxygen atoms in total. The van der Waals surface area contributed by atoms with E-state index in [1.54, 1.807) is 0 Å². The van der Waals surface area contributed by atoms with Crippen LogP contribution in [0.2, 0.25) is 0 Å². The van der Waals surface area contributed by atoms with Gasteiger partial charge in [-0.15, -0.1) is 0 Å². The van der Waals surface area contributed by atoms with Crippen molar-refractivity contribution in [1.82, 2.24) is 9.97 Å². The lowest BCUT2D eigenvalue weighted by Gasteiger charge is -2.19. The highest BCUT2D eigenvalue weighted by molar-refractivity contribution is 7.89. The van der Waals surface area contributed by atoms with Crippen LogP contribution in [0.4, 0.5) is 10.1 Å². The molecular weight excluding hydrogens is 321 g/mol. The molecule has 3 rings (SSSR count). The number of carbonyl (C=O) groups excluding carboxylic acids is 2. The number of benzene rings is 1. The van der Waals surface area contributed by atoms with E-state index in [2.05, 4.69) is 15.3 Å². The van der Waals surface area contributed by atoms with Crippen molar-refractivity contribution in [1.29, 1.82) is 0 Å². The number of fused-ring (bicyclic) bond motifs is 1. The molecule has 2 aromatic rings. The smallest absolute Gasteiger partial charge is 0.223 e. The van der Waals surface area contributed by atoms with Gasteiger partial charge in [-0.2, -0.15) is 0 Å². The van der Waals surface area contributed by atoms with E-state index in [9.17, 15) is 18.2 Å². The van der Waals surface area contributed by atoms with Gasteiger partial charge in [-0.1, -0.05) is 0 Å². The average Bonchev–Trinajstić information content (AvgIpc) is 2.54. The summed E-state index contributed by atoms with van der Waals surface area (Å²) in [7, 11) is -1.71. The molecule has 0 spiro atoms. The van der Waals surface area contributed by atoms with Gasteiger partial charge < -0.3 is 5.32 Å². The number of nitrogens with one attached hydrogen (secondary N) is 1. The third kappa shape index (κ3) is 2.68. The van der Waals surface area contributed by atoms with E-state index in [0.717, 1.165) is 6.33 Å². The molecule has 1 atom stereocenters. The Hall–Kier alpha value is -2.74.